The molecule has 0 saturated carbocycles. The second-order valence-corrected chi connectivity index (χ2v) is 5.29. The molecular weight excluding hydrogens is 262 g/mol. The summed E-state index contributed by atoms with van der Waals surface area (Å²) in [7, 11) is 3.30. The molecule has 0 aliphatic carbocycles. The highest BCUT2D eigenvalue weighted by atomic mass is 16.5. The van der Waals surface area contributed by atoms with E-state index in [4.69, 9.17) is 15.2 Å². The topological polar surface area (TPSA) is 44.5 Å². The summed E-state index contributed by atoms with van der Waals surface area (Å²) in [5, 5.41) is 0. The van der Waals surface area contributed by atoms with Gasteiger partial charge < -0.3 is 15.2 Å². The van der Waals surface area contributed by atoms with Crippen LogP contribution in [0.5, 0.6) is 11.5 Å². The molecule has 2 aromatic carbocycles. The first kappa shape index (κ1) is 15.4. The maximum atomic E-state index is 5.83. The molecule has 3 nitrogen and oxygen atoms in total. The molecule has 0 aliphatic rings. The van der Waals surface area contributed by atoms with Crippen LogP contribution in [0.2, 0.25) is 0 Å². The Hall–Kier alpha value is -2.00. The van der Waals surface area contributed by atoms with Gasteiger partial charge in [-0.15, -0.1) is 0 Å². The van der Waals surface area contributed by atoms with E-state index in [-0.39, 0.29) is 6.04 Å². The molecule has 2 aromatic rings. The van der Waals surface area contributed by atoms with Gasteiger partial charge in [0.25, 0.3) is 0 Å². The Morgan fingerprint density at radius 1 is 0.952 bits per heavy atom. The fourth-order valence-electron chi connectivity index (χ4n) is 2.32. The van der Waals surface area contributed by atoms with Crippen molar-refractivity contribution in [1.82, 2.24) is 0 Å². The molecule has 0 aromatic heterocycles. The molecule has 0 radical (unpaired) electrons. The quantitative estimate of drug-likeness (QED) is 0.881. The van der Waals surface area contributed by atoms with Crippen LogP contribution >= 0.6 is 0 Å². The van der Waals surface area contributed by atoms with E-state index >= 15 is 0 Å². The molecule has 112 valence electrons. The van der Waals surface area contributed by atoms with Gasteiger partial charge in [0.15, 0.2) is 11.5 Å². The van der Waals surface area contributed by atoms with Crippen molar-refractivity contribution < 1.29 is 9.47 Å². The Bertz CT molecular complexity index is 594. The molecule has 1 atom stereocenters. The molecule has 2 rings (SSSR count). The van der Waals surface area contributed by atoms with Gasteiger partial charge in [0.1, 0.15) is 0 Å². The number of hydrogen-bond acceptors (Lipinski definition) is 3. The minimum Gasteiger partial charge on any atom is -0.493 e. The van der Waals surface area contributed by atoms with Crippen molar-refractivity contribution in [3.05, 3.63) is 48.0 Å². The van der Waals surface area contributed by atoms with E-state index in [0.29, 0.717) is 0 Å². The largest absolute Gasteiger partial charge is 0.493 e. The van der Waals surface area contributed by atoms with Crippen molar-refractivity contribution in [2.24, 2.45) is 5.73 Å². The molecule has 1 unspecified atom stereocenters. The molecular formula is C18H23NO2. The highest BCUT2D eigenvalue weighted by Gasteiger charge is 2.07. The van der Waals surface area contributed by atoms with Crippen LogP contribution in [-0.2, 0) is 6.42 Å². The fraction of sp³-hybridized carbons (Fsp3) is 0.333. The van der Waals surface area contributed by atoms with Gasteiger partial charge in [-0.25, -0.2) is 0 Å². The van der Waals surface area contributed by atoms with E-state index in [2.05, 4.69) is 24.3 Å². The summed E-state index contributed by atoms with van der Waals surface area (Å²) in [4.78, 5) is 0. The lowest BCUT2D eigenvalue weighted by Crippen LogP contribution is -2.15. The van der Waals surface area contributed by atoms with Gasteiger partial charge in [-0.05, 0) is 48.6 Å². The fourth-order valence-corrected chi connectivity index (χ4v) is 2.32. The lowest BCUT2D eigenvalue weighted by atomic mass is 9.99. The van der Waals surface area contributed by atoms with Crippen LogP contribution in [0.1, 0.15) is 18.9 Å². The lowest BCUT2D eigenvalue weighted by molar-refractivity contribution is 0.355. The maximum absolute atomic E-state index is 5.83. The normalized spacial score (nSPS) is 12.0. The molecule has 21 heavy (non-hydrogen) atoms. The summed E-state index contributed by atoms with van der Waals surface area (Å²) >= 11 is 0. The van der Waals surface area contributed by atoms with Crippen LogP contribution in [0, 0.1) is 0 Å². The first-order chi connectivity index (χ1) is 10.1. The third kappa shape index (κ3) is 3.99. The van der Waals surface area contributed by atoms with E-state index in [9.17, 15) is 0 Å². The SMILES string of the molecule is COc1ccc(-c2cccc(CCC(C)N)c2)cc1OC. The number of nitrogens with two attached hydrogens (primary N) is 1. The summed E-state index contributed by atoms with van der Waals surface area (Å²) < 4.78 is 10.6. The van der Waals surface area contributed by atoms with Crippen LogP contribution in [0.4, 0.5) is 0 Å². The standard InChI is InChI=1S/C18H23NO2/c1-13(19)7-8-14-5-4-6-15(11-14)16-9-10-17(20-2)18(12-16)21-3/h4-6,9-13H,7-8,19H2,1-3H3. The third-order valence-electron chi connectivity index (χ3n) is 3.53. The monoisotopic (exact) mass is 285 g/mol. The minimum atomic E-state index is 0.231. The third-order valence-corrected chi connectivity index (χ3v) is 3.53. The second-order valence-electron chi connectivity index (χ2n) is 5.29. The van der Waals surface area contributed by atoms with Gasteiger partial charge in [-0.2, -0.15) is 0 Å². The number of ether oxygens (including phenoxy) is 2. The lowest BCUT2D eigenvalue weighted by Gasteiger charge is -2.11. The van der Waals surface area contributed by atoms with E-state index in [1.54, 1.807) is 14.2 Å². The van der Waals surface area contributed by atoms with Gasteiger partial charge in [0.2, 0.25) is 0 Å². The molecule has 0 spiro atoms. The predicted octanol–water partition coefficient (Wildman–Crippen LogP) is 3.65. The molecule has 0 bridgehead atoms. The average Bonchev–Trinajstić information content (AvgIpc) is 2.52. The number of aryl methyl sites for hydroxylation is 1. The van der Waals surface area contributed by atoms with Gasteiger partial charge in [-0.3, -0.25) is 0 Å². The second kappa shape index (κ2) is 7.14. The highest BCUT2D eigenvalue weighted by Crippen LogP contribution is 2.32. The van der Waals surface area contributed by atoms with E-state index < -0.39 is 0 Å². The van der Waals surface area contributed by atoms with Crippen LogP contribution in [0.3, 0.4) is 0 Å². The summed E-state index contributed by atoms with van der Waals surface area (Å²) in [6.07, 6.45) is 1.99. The number of hydrogen-bond donors (Lipinski definition) is 1. The van der Waals surface area contributed by atoms with Crippen LogP contribution in [0.25, 0.3) is 11.1 Å². The van der Waals surface area contributed by atoms with E-state index in [0.717, 1.165) is 29.9 Å². The summed E-state index contributed by atoms with van der Waals surface area (Å²) in [6.45, 7) is 2.04. The van der Waals surface area contributed by atoms with Crippen molar-refractivity contribution in [2.45, 2.75) is 25.8 Å². The summed E-state index contributed by atoms with van der Waals surface area (Å²) in [5.74, 6) is 1.49. The zero-order valence-corrected chi connectivity index (χ0v) is 12.9. The zero-order valence-electron chi connectivity index (χ0n) is 12.9. The van der Waals surface area contributed by atoms with Gasteiger partial charge >= 0.3 is 0 Å². The number of methoxy groups -OCH3 is 2. The first-order valence-corrected chi connectivity index (χ1v) is 7.21. The molecule has 0 fully saturated rings. The Morgan fingerprint density at radius 3 is 2.33 bits per heavy atom. The Balaban J connectivity index is 2.27. The van der Waals surface area contributed by atoms with Crippen molar-refractivity contribution in [1.29, 1.82) is 0 Å². The first-order valence-electron chi connectivity index (χ1n) is 7.21. The van der Waals surface area contributed by atoms with Crippen LogP contribution < -0.4 is 15.2 Å². The smallest absolute Gasteiger partial charge is 0.161 e. The molecule has 0 heterocycles. The summed E-state index contributed by atoms with van der Waals surface area (Å²) in [6, 6.07) is 14.8. The van der Waals surface area contributed by atoms with Crippen molar-refractivity contribution in [3.63, 3.8) is 0 Å². The molecule has 0 aliphatic heterocycles. The van der Waals surface area contributed by atoms with Crippen LogP contribution in [-0.4, -0.2) is 20.3 Å². The predicted molar refractivity (Wildman–Crippen MR) is 87.0 cm³/mol. The summed E-state index contributed by atoms with van der Waals surface area (Å²) in [5.41, 5.74) is 9.43. The number of rotatable bonds is 6. The van der Waals surface area contributed by atoms with Crippen LogP contribution in [0.15, 0.2) is 42.5 Å². The molecule has 2 N–H and O–H groups in total. The Kier molecular flexibility index (Phi) is 5.23. The van der Waals surface area contributed by atoms with Gasteiger partial charge in [0, 0.05) is 6.04 Å². The molecule has 0 amide bonds. The zero-order chi connectivity index (χ0) is 15.2. The Morgan fingerprint density at radius 2 is 1.67 bits per heavy atom. The Labute approximate surface area is 126 Å². The van der Waals surface area contributed by atoms with E-state index in [1.165, 1.54) is 11.1 Å². The highest BCUT2D eigenvalue weighted by molar-refractivity contribution is 5.67. The maximum Gasteiger partial charge on any atom is 0.161 e. The number of benzene rings is 2. The molecule has 3 heteroatoms. The van der Waals surface area contributed by atoms with Crippen molar-refractivity contribution >= 4 is 0 Å². The van der Waals surface area contributed by atoms with Crippen molar-refractivity contribution in [2.75, 3.05) is 14.2 Å². The minimum absolute atomic E-state index is 0.231. The van der Waals surface area contributed by atoms with Gasteiger partial charge in [-0.1, -0.05) is 30.3 Å². The van der Waals surface area contributed by atoms with E-state index in [1.807, 2.05) is 25.1 Å². The van der Waals surface area contributed by atoms with Crippen molar-refractivity contribution in [3.8, 4) is 22.6 Å². The average molecular weight is 285 g/mol. The molecule has 0 saturated heterocycles. The van der Waals surface area contributed by atoms with Gasteiger partial charge in [0.05, 0.1) is 14.2 Å².